The van der Waals surface area contributed by atoms with Gasteiger partial charge >= 0.3 is 18.0 Å². The van der Waals surface area contributed by atoms with Crippen LogP contribution >= 0.6 is 0 Å². The number of anilines is 1. The fraction of sp³-hybridized carbons (Fsp3) is 0.407. The van der Waals surface area contributed by atoms with Crippen molar-refractivity contribution in [1.29, 1.82) is 5.41 Å². The van der Waals surface area contributed by atoms with E-state index >= 15 is 0 Å². The number of hydrogen-bond acceptors (Lipinski definition) is 10. The molecule has 0 fully saturated rings. The summed E-state index contributed by atoms with van der Waals surface area (Å²) in [5, 5.41) is 13.8. The second kappa shape index (κ2) is 13.3. The average Bonchev–Trinajstić information content (AvgIpc) is 2.84. The summed E-state index contributed by atoms with van der Waals surface area (Å²) in [6.07, 6.45) is -0.732. The van der Waals surface area contributed by atoms with Crippen LogP contribution in [0.15, 0.2) is 36.4 Å². The summed E-state index contributed by atoms with van der Waals surface area (Å²) in [4.78, 5) is 36.5. The van der Waals surface area contributed by atoms with E-state index in [4.69, 9.17) is 29.1 Å². The number of esters is 2. The van der Waals surface area contributed by atoms with Gasteiger partial charge in [0.1, 0.15) is 35.1 Å². The molecular weight excluding hydrogens is 494 g/mol. The van der Waals surface area contributed by atoms with Crippen molar-refractivity contribution in [2.45, 2.75) is 46.3 Å². The van der Waals surface area contributed by atoms with Gasteiger partial charge in [-0.3, -0.25) is 15.5 Å². The van der Waals surface area contributed by atoms with E-state index in [0.717, 1.165) is 0 Å². The Balaban J connectivity index is 2.39. The predicted molar refractivity (Wildman–Crippen MR) is 141 cm³/mol. The fourth-order valence-corrected chi connectivity index (χ4v) is 3.41. The highest BCUT2D eigenvalue weighted by Gasteiger charge is 2.27. The van der Waals surface area contributed by atoms with Gasteiger partial charge in [0.2, 0.25) is 0 Å². The molecule has 2 aromatic carbocycles. The highest BCUT2D eigenvalue weighted by Crippen LogP contribution is 2.35. The van der Waals surface area contributed by atoms with Crippen molar-refractivity contribution in [3.8, 4) is 11.5 Å². The van der Waals surface area contributed by atoms with E-state index < -0.39 is 29.7 Å². The SMILES string of the molecule is CCOC(=O)c1c(OC)cc(OC)cc1C(COC(C)=O)Nc1ccc(C(=N)NC(=O)OC(C)(C)C)cc1. The van der Waals surface area contributed by atoms with E-state index in [1.165, 1.54) is 21.1 Å². The van der Waals surface area contributed by atoms with Gasteiger partial charge < -0.3 is 29.0 Å². The smallest absolute Gasteiger partial charge is 0.413 e. The molecule has 11 nitrogen and oxygen atoms in total. The molecule has 0 aliphatic heterocycles. The maximum atomic E-state index is 12.9. The number of rotatable bonds is 10. The van der Waals surface area contributed by atoms with Crippen LogP contribution in [-0.4, -0.2) is 56.9 Å². The highest BCUT2D eigenvalue weighted by molar-refractivity contribution is 6.04. The standard InChI is InChI=1S/C27H35N3O8/c1-8-36-25(32)23-20(13-19(34-6)14-22(23)35-7)21(15-37-16(2)31)29-18-11-9-17(10-12-18)24(28)30-26(33)38-27(3,4)5/h9-14,21,29H,8,15H2,1-7H3,(H2,28,30,33). The molecule has 0 bridgehead atoms. The lowest BCUT2D eigenvalue weighted by Gasteiger charge is -2.24. The normalized spacial score (nSPS) is 11.6. The molecule has 0 aliphatic rings. The highest BCUT2D eigenvalue weighted by atomic mass is 16.6. The van der Waals surface area contributed by atoms with E-state index in [-0.39, 0.29) is 30.4 Å². The van der Waals surface area contributed by atoms with Gasteiger partial charge in [-0.05, 0) is 63.6 Å². The summed E-state index contributed by atoms with van der Waals surface area (Å²) in [5.41, 5.74) is 0.935. The predicted octanol–water partition coefficient (Wildman–Crippen LogP) is 4.45. The van der Waals surface area contributed by atoms with Gasteiger partial charge in [0.05, 0.1) is 26.9 Å². The van der Waals surface area contributed by atoms with E-state index in [1.54, 1.807) is 64.1 Å². The monoisotopic (exact) mass is 529 g/mol. The number of methoxy groups -OCH3 is 2. The number of benzene rings is 2. The van der Waals surface area contributed by atoms with Gasteiger partial charge in [-0.2, -0.15) is 0 Å². The van der Waals surface area contributed by atoms with Crippen LogP contribution in [0.1, 0.15) is 62.1 Å². The number of ether oxygens (including phenoxy) is 5. The molecule has 38 heavy (non-hydrogen) atoms. The van der Waals surface area contributed by atoms with Crippen LogP contribution in [0.5, 0.6) is 11.5 Å². The molecule has 0 saturated heterocycles. The number of alkyl carbamates (subject to hydrolysis) is 1. The quantitative estimate of drug-likeness (QED) is 0.176. The second-order valence-corrected chi connectivity index (χ2v) is 9.09. The van der Waals surface area contributed by atoms with Crippen LogP contribution in [0.2, 0.25) is 0 Å². The van der Waals surface area contributed by atoms with E-state index in [1.807, 2.05) is 0 Å². The Morgan fingerprint density at radius 1 is 1.00 bits per heavy atom. The second-order valence-electron chi connectivity index (χ2n) is 9.09. The first kappa shape index (κ1) is 29.9. The minimum Gasteiger partial charge on any atom is -0.497 e. The van der Waals surface area contributed by atoms with Crippen molar-refractivity contribution >= 4 is 29.6 Å². The molecule has 0 spiro atoms. The van der Waals surface area contributed by atoms with Gasteiger partial charge in [-0.15, -0.1) is 0 Å². The van der Waals surface area contributed by atoms with Crippen molar-refractivity contribution in [1.82, 2.24) is 5.32 Å². The van der Waals surface area contributed by atoms with Crippen LogP contribution in [-0.2, 0) is 19.0 Å². The molecule has 3 N–H and O–H groups in total. The third kappa shape index (κ3) is 8.68. The molecule has 1 atom stereocenters. The molecule has 0 aromatic heterocycles. The third-order valence-electron chi connectivity index (χ3n) is 5.01. The Hall–Kier alpha value is -4.28. The van der Waals surface area contributed by atoms with Crippen LogP contribution in [0, 0.1) is 5.41 Å². The van der Waals surface area contributed by atoms with Crippen LogP contribution in [0.25, 0.3) is 0 Å². The topological polar surface area (TPSA) is 145 Å². The number of nitrogens with one attached hydrogen (secondary N) is 3. The molecule has 0 aliphatic carbocycles. The summed E-state index contributed by atoms with van der Waals surface area (Å²) in [6.45, 7) is 8.21. The van der Waals surface area contributed by atoms with Gasteiger partial charge in [0.15, 0.2) is 0 Å². The number of carbonyl (C=O) groups excluding carboxylic acids is 3. The maximum absolute atomic E-state index is 12.9. The summed E-state index contributed by atoms with van der Waals surface area (Å²) in [7, 11) is 2.91. The number of amides is 1. The minimum absolute atomic E-state index is 0.115. The summed E-state index contributed by atoms with van der Waals surface area (Å²) >= 11 is 0. The van der Waals surface area contributed by atoms with Crippen LogP contribution in [0.3, 0.4) is 0 Å². The van der Waals surface area contributed by atoms with Gasteiger partial charge in [-0.25, -0.2) is 9.59 Å². The first-order valence-corrected chi connectivity index (χ1v) is 11.9. The van der Waals surface area contributed by atoms with Crippen LogP contribution in [0.4, 0.5) is 10.5 Å². The molecule has 2 rings (SSSR count). The molecular formula is C27H35N3O8. The average molecular weight is 530 g/mol. The van der Waals surface area contributed by atoms with Crippen molar-refractivity contribution in [2.24, 2.45) is 0 Å². The zero-order valence-corrected chi connectivity index (χ0v) is 22.7. The minimum atomic E-state index is -0.732. The Morgan fingerprint density at radius 2 is 1.66 bits per heavy atom. The lowest BCUT2D eigenvalue weighted by atomic mass is 9.98. The number of carbonyl (C=O) groups is 3. The van der Waals surface area contributed by atoms with E-state index in [0.29, 0.717) is 22.6 Å². The summed E-state index contributed by atoms with van der Waals surface area (Å²) < 4.78 is 26.5. The largest absolute Gasteiger partial charge is 0.497 e. The van der Waals surface area contributed by atoms with Crippen LogP contribution < -0.4 is 20.1 Å². The number of amidine groups is 1. The first-order valence-electron chi connectivity index (χ1n) is 11.9. The lowest BCUT2D eigenvalue weighted by molar-refractivity contribution is -0.141. The van der Waals surface area contributed by atoms with Crippen molar-refractivity contribution in [2.75, 3.05) is 32.8 Å². The maximum Gasteiger partial charge on any atom is 0.413 e. The molecule has 11 heteroatoms. The fourth-order valence-electron chi connectivity index (χ4n) is 3.41. The van der Waals surface area contributed by atoms with Gasteiger partial charge in [0.25, 0.3) is 0 Å². The Kier molecular flexibility index (Phi) is 10.5. The molecule has 1 amide bonds. The van der Waals surface area contributed by atoms with Gasteiger partial charge in [-0.1, -0.05) is 0 Å². The third-order valence-corrected chi connectivity index (χ3v) is 5.01. The van der Waals surface area contributed by atoms with E-state index in [2.05, 4.69) is 10.6 Å². The van der Waals surface area contributed by atoms with E-state index in [9.17, 15) is 14.4 Å². The Bertz CT molecular complexity index is 1160. The molecule has 0 saturated carbocycles. The van der Waals surface area contributed by atoms with Crippen molar-refractivity contribution < 1.29 is 38.1 Å². The number of hydrogen-bond donors (Lipinski definition) is 3. The van der Waals surface area contributed by atoms with Crippen molar-refractivity contribution in [3.63, 3.8) is 0 Å². The molecule has 0 heterocycles. The summed E-state index contributed by atoms with van der Waals surface area (Å²) in [6, 6.07) is 9.13. The first-order chi connectivity index (χ1) is 17.9. The zero-order valence-electron chi connectivity index (χ0n) is 22.7. The molecule has 2 aromatic rings. The van der Waals surface area contributed by atoms with Gasteiger partial charge in [0, 0.05) is 24.2 Å². The summed E-state index contributed by atoms with van der Waals surface area (Å²) in [5.74, 6) is -0.569. The Morgan fingerprint density at radius 3 is 2.18 bits per heavy atom. The molecule has 206 valence electrons. The van der Waals surface area contributed by atoms with Crippen molar-refractivity contribution in [3.05, 3.63) is 53.1 Å². The molecule has 0 radical (unpaired) electrons. The zero-order chi connectivity index (χ0) is 28.5. The lowest BCUT2D eigenvalue weighted by Crippen LogP contribution is -2.36. The molecule has 1 unspecified atom stereocenters. The Labute approximate surface area is 222 Å².